The van der Waals surface area contributed by atoms with Gasteiger partial charge in [0.15, 0.2) is 11.5 Å². The van der Waals surface area contributed by atoms with Gasteiger partial charge in [0, 0.05) is 11.5 Å². The van der Waals surface area contributed by atoms with Crippen molar-refractivity contribution >= 4 is 11.5 Å². The Labute approximate surface area is 110 Å². The molecule has 0 aliphatic heterocycles. The first-order chi connectivity index (χ1) is 8.75. The molecule has 6 heteroatoms. The zero-order valence-corrected chi connectivity index (χ0v) is 11.0. The van der Waals surface area contributed by atoms with Gasteiger partial charge >= 0.3 is 5.69 Å². The standard InChI is InChI=1S/C13H14N2O4/c1-13(2,3)12(16)8-19-11-5-4-9(7-14)6-10(11)15(17)18/h4-6H,8H2,1-3H3. The lowest BCUT2D eigenvalue weighted by Gasteiger charge is -2.16. The van der Waals surface area contributed by atoms with Gasteiger partial charge in [0.05, 0.1) is 16.6 Å². The Bertz CT molecular complexity index is 553. The Balaban J connectivity index is 2.94. The number of nitro groups is 1. The second-order valence-electron chi connectivity index (χ2n) is 5.01. The molecule has 0 heterocycles. The highest BCUT2D eigenvalue weighted by Crippen LogP contribution is 2.28. The van der Waals surface area contributed by atoms with Crippen molar-refractivity contribution in [2.45, 2.75) is 20.8 Å². The normalized spacial score (nSPS) is 10.6. The average Bonchev–Trinajstić information content (AvgIpc) is 2.34. The Morgan fingerprint density at radius 1 is 1.47 bits per heavy atom. The molecule has 1 aromatic carbocycles. The number of nitriles is 1. The molecule has 0 aliphatic carbocycles. The predicted octanol–water partition coefficient (Wildman–Crippen LogP) is 2.46. The van der Waals surface area contributed by atoms with Gasteiger partial charge in [0.1, 0.15) is 6.61 Å². The molecule has 6 nitrogen and oxygen atoms in total. The van der Waals surface area contributed by atoms with Crippen LogP contribution >= 0.6 is 0 Å². The van der Waals surface area contributed by atoms with Crippen LogP contribution in [0.25, 0.3) is 0 Å². The summed E-state index contributed by atoms with van der Waals surface area (Å²) in [5.41, 5.74) is -0.719. The molecule has 0 unspecified atom stereocenters. The summed E-state index contributed by atoms with van der Waals surface area (Å²) in [6, 6.07) is 5.67. The molecule has 0 fully saturated rings. The highest BCUT2D eigenvalue weighted by molar-refractivity contribution is 5.85. The highest BCUT2D eigenvalue weighted by Gasteiger charge is 2.23. The number of rotatable bonds is 4. The first-order valence-electron chi connectivity index (χ1n) is 5.60. The van der Waals surface area contributed by atoms with Crippen LogP contribution < -0.4 is 4.74 Å². The summed E-state index contributed by atoms with van der Waals surface area (Å²) >= 11 is 0. The van der Waals surface area contributed by atoms with E-state index in [-0.39, 0.29) is 29.4 Å². The molecular weight excluding hydrogens is 248 g/mol. The van der Waals surface area contributed by atoms with Gasteiger partial charge in [-0.05, 0) is 12.1 Å². The fourth-order valence-corrected chi connectivity index (χ4v) is 1.21. The third-order valence-corrected chi connectivity index (χ3v) is 2.48. The minimum absolute atomic E-state index is 0.0124. The number of benzene rings is 1. The third-order valence-electron chi connectivity index (χ3n) is 2.48. The third kappa shape index (κ3) is 3.78. The summed E-state index contributed by atoms with van der Waals surface area (Å²) < 4.78 is 5.19. The molecule has 0 radical (unpaired) electrons. The number of carbonyl (C=O) groups excluding carboxylic acids is 1. The number of ketones is 1. The summed E-state index contributed by atoms with van der Waals surface area (Å²) in [5.74, 6) is -0.173. The molecule has 0 amide bonds. The summed E-state index contributed by atoms with van der Waals surface area (Å²) in [7, 11) is 0. The Kier molecular flexibility index (Phi) is 4.22. The van der Waals surface area contributed by atoms with Gasteiger partial charge < -0.3 is 4.74 Å². The van der Waals surface area contributed by atoms with E-state index in [2.05, 4.69) is 0 Å². The van der Waals surface area contributed by atoms with Crippen molar-refractivity contribution in [2.75, 3.05) is 6.61 Å². The van der Waals surface area contributed by atoms with Crippen molar-refractivity contribution in [1.82, 2.24) is 0 Å². The first-order valence-corrected chi connectivity index (χ1v) is 5.60. The monoisotopic (exact) mass is 262 g/mol. The van der Waals surface area contributed by atoms with Crippen molar-refractivity contribution in [1.29, 1.82) is 5.26 Å². The van der Waals surface area contributed by atoms with E-state index in [1.54, 1.807) is 20.8 Å². The van der Waals surface area contributed by atoms with E-state index < -0.39 is 10.3 Å². The van der Waals surface area contributed by atoms with Gasteiger partial charge in [-0.2, -0.15) is 5.26 Å². The van der Waals surface area contributed by atoms with E-state index in [1.165, 1.54) is 12.1 Å². The minimum Gasteiger partial charge on any atom is -0.479 e. The number of ether oxygens (including phenoxy) is 1. The van der Waals surface area contributed by atoms with Gasteiger partial charge in [-0.15, -0.1) is 0 Å². The van der Waals surface area contributed by atoms with E-state index in [0.29, 0.717) is 0 Å². The van der Waals surface area contributed by atoms with Crippen LogP contribution in [0.4, 0.5) is 5.69 Å². The van der Waals surface area contributed by atoms with Crippen LogP contribution in [-0.2, 0) is 4.79 Å². The SMILES string of the molecule is CC(C)(C)C(=O)COc1ccc(C#N)cc1[N+](=O)[O-]. The zero-order chi connectivity index (χ0) is 14.6. The number of Topliss-reactive ketones (excluding diaryl/α,β-unsaturated/α-hetero) is 1. The zero-order valence-electron chi connectivity index (χ0n) is 11.0. The van der Waals surface area contributed by atoms with Crippen molar-refractivity contribution in [2.24, 2.45) is 5.41 Å². The summed E-state index contributed by atoms with van der Waals surface area (Å²) in [4.78, 5) is 21.9. The van der Waals surface area contributed by atoms with Gasteiger partial charge in [0.2, 0.25) is 0 Å². The fourth-order valence-electron chi connectivity index (χ4n) is 1.21. The molecule has 0 saturated carbocycles. The Morgan fingerprint density at radius 3 is 2.58 bits per heavy atom. The molecule has 1 rings (SSSR count). The maximum Gasteiger partial charge on any atom is 0.312 e. The van der Waals surface area contributed by atoms with E-state index in [4.69, 9.17) is 10.00 Å². The lowest BCUT2D eigenvalue weighted by Crippen LogP contribution is -2.26. The number of hydrogen-bond donors (Lipinski definition) is 0. The average molecular weight is 262 g/mol. The molecule has 100 valence electrons. The van der Waals surface area contributed by atoms with Crippen LogP contribution in [0.5, 0.6) is 5.75 Å². The van der Waals surface area contributed by atoms with Crippen molar-refractivity contribution in [3.05, 3.63) is 33.9 Å². The van der Waals surface area contributed by atoms with E-state index in [0.717, 1.165) is 6.07 Å². The number of hydrogen-bond acceptors (Lipinski definition) is 5. The topological polar surface area (TPSA) is 93.2 Å². The molecule has 19 heavy (non-hydrogen) atoms. The number of carbonyl (C=O) groups is 1. The van der Waals surface area contributed by atoms with E-state index >= 15 is 0 Å². The van der Waals surface area contributed by atoms with E-state index in [1.807, 2.05) is 6.07 Å². The largest absolute Gasteiger partial charge is 0.479 e. The maximum atomic E-state index is 11.7. The van der Waals surface area contributed by atoms with Crippen LogP contribution in [0.3, 0.4) is 0 Å². The first kappa shape index (κ1) is 14.6. The van der Waals surface area contributed by atoms with Crippen molar-refractivity contribution < 1.29 is 14.5 Å². The van der Waals surface area contributed by atoms with Gasteiger partial charge in [-0.3, -0.25) is 14.9 Å². The molecule has 0 spiro atoms. The van der Waals surface area contributed by atoms with Gasteiger partial charge in [0.25, 0.3) is 0 Å². The van der Waals surface area contributed by atoms with Crippen molar-refractivity contribution in [3.8, 4) is 11.8 Å². The van der Waals surface area contributed by atoms with Crippen molar-refractivity contribution in [3.63, 3.8) is 0 Å². The quantitative estimate of drug-likeness (QED) is 0.613. The second-order valence-corrected chi connectivity index (χ2v) is 5.01. The second kappa shape index (κ2) is 5.48. The predicted molar refractivity (Wildman–Crippen MR) is 67.8 cm³/mol. The maximum absolute atomic E-state index is 11.7. The van der Waals surface area contributed by atoms with Crippen LogP contribution in [0.2, 0.25) is 0 Å². The lowest BCUT2D eigenvalue weighted by atomic mass is 9.91. The number of nitro benzene ring substituents is 1. The van der Waals surface area contributed by atoms with Gasteiger partial charge in [-0.25, -0.2) is 0 Å². The minimum atomic E-state index is -0.641. The lowest BCUT2D eigenvalue weighted by molar-refractivity contribution is -0.385. The van der Waals surface area contributed by atoms with Crippen LogP contribution in [0, 0.1) is 26.9 Å². The molecule has 1 aromatic rings. The molecular formula is C13H14N2O4. The smallest absolute Gasteiger partial charge is 0.312 e. The molecule has 0 atom stereocenters. The molecule has 0 N–H and O–H groups in total. The molecule has 0 bridgehead atoms. The molecule has 0 aliphatic rings. The molecule has 0 saturated heterocycles. The number of nitrogens with zero attached hydrogens (tertiary/aromatic N) is 2. The van der Waals surface area contributed by atoms with Gasteiger partial charge in [-0.1, -0.05) is 20.8 Å². The Hall–Kier alpha value is -2.42. The summed E-state index contributed by atoms with van der Waals surface area (Å²) in [5, 5.41) is 19.6. The Morgan fingerprint density at radius 2 is 2.11 bits per heavy atom. The summed E-state index contributed by atoms with van der Waals surface area (Å²) in [6.45, 7) is 4.99. The van der Waals surface area contributed by atoms with Crippen LogP contribution in [0.1, 0.15) is 26.3 Å². The van der Waals surface area contributed by atoms with Crippen LogP contribution in [-0.4, -0.2) is 17.3 Å². The fraction of sp³-hybridized carbons (Fsp3) is 0.385. The van der Waals surface area contributed by atoms with Crippen LogP contribution in [0.15, 0.2) is 18.2 Å². The van der Waals surface area contributed by atoms with E-state index in [9.17, 15) is 14.9 Å². The summed E-state index contributed by atoms with van der Waals surface area (Å²) in [6.07, 6.45) is 0. The molecule has 0 aromatic heterocycles. The highest BCUT2D eigenvalue weighted by atomic mass is 16.6.